The molecule has 0 atom stereocenters. The Hall–Kier alpha value is -1.12. The molecule has 140 valence electrons. The summed E-state index contributed by atoms with van der Waals surface area (Å²) in [6, 6.07) is 4.86. The van der Waals surface area contributed by atoms with Crippen LogP contribution in [-0.2, 0) is 20.0 Å². The zero-order valence-electron chi connectivity index (χ0n) is 14.6. The van der Waals surface area contributed by atoms with Crippen molar-refractivity contribution in [2.24, 2.45) is 0 Å². The Morgan fingerprint density at radius 3 is 2.48 bits per heavy atom. The summed E-state index contributed by atoms with van der Waals surface area (Å²) in [6.45, 7) is 2.14. The summed E-state index contributed by atoms with van der Waals surface area (Å²) >= 11 is 0. The van der Waals surface area contributed by atoms with Crippen LogP contribution in [0.4, 0.5) is 5.69 Å². The van der Waals surface area contributed by atoms with E-state index in [1.807, 2.05) is 0 Å². The van der Waals surface area contributed by atoms with E-state index in [1.54, 1.807) is 19.1 Å². The Balaban J connectivity index is 1.91. The summed E-state index contributed by atoms with van der Waals surface area (Å²) in [4.78, 5) is 0.177. The van der Waals surface area contributed by atoms with E-state index in [-0.39, 0.29) is 16.7 Å². The van der Waals surface area contributed by atoms with Crippen molar-refractivity contribution in [3.63, 3.8) is 0 Å². The Labute approximate surface area is 150 Å². The molecular weight excluding hydrogens is 360 g/mol. The molecule has 0 radical (unpaired) electrons. The normalized spacial score (nSPS) is 22.0. The van der Waals surface area contributed by atoms with Gasteiger partial charge >= 0.3 is 0 Å². The minimum Gasteiger partial charge on any atom is -0.270 e. The quantitative estimate of drug-likeness (QED) is 0.862. The average molecular weight is 387 g/mol. The van der Waals surface area contributed by atoms with Crippen LogP contribution in [0.5, 0.6) is 0 Å². The first-order valence-corrected chi connectivity index (χ1v) is 12.0. The van der Waals surface area contributed by atoms with Crippen molar-refractivity contribution in [1.82, 2.24) is 4.72 Å². The molecule has 1 N–H and O–H groups in total. The lowest BCUT2D eigenvalue weighted by Gasteiger charge is -2.29. The lowest BCUT2D eigenvalue weighted by Crippen LogP contribution is -2.38. The number of rotatable bonds is 4. The first kappa shape index (κ1) is 18.7. The molecule has 25 heavy (non-hydrogen) atoms. The Kier molecular flexibility index (Phi) is 5.41. The fraction of sp³-hybridized carbons (Fsp3) is 0.647. The number of hydrogen-bond donors (Lipinski definition) is 1. The molecule has 1 aliphatic heterocycles. The molecular formula is C17H26N2O4S2. The van der Waals surface area contributed by atoms with Crippen molar-refractivity contribution in [2.45, 2.75) is 62.8 Å². The van der Waals surface area contributed by atoms with Crippen LogP contribution < -0.4 is 9.03 Å². The second kappa shape index (κ2) is 7.25. The van der Waals surface area contributed by atoms with Gasteiger partial charge in [0.15, 0.2) is 0 Å². The highest BCUT2D eigenvalue weighted by molar-refractivity contribution is 7.92. The molecule has 2 aliphatic rings. The molecule has 1 aliphatic carbocycles. The van der Waals surface area contributed by atoms with Crippen LogP contribution >= 0.6 is 0 Å². The van der Waals surface area contributed by atoms with Crippen molar-refractivity contribution < 1.29 is 16.8 Å². The van der Waals surface area contributed by atoms with Crippen LogP contribution in [0.3, 0.4) is 0 Å². The third-order valence-electron chi connectivity index (χ3n) is 5.03. The van der Waals surface area contributed by atoms with Crippen LogP contribution in [0.2, 0.25) is 0 Å². The molecule has 1 aromatic rings. The lowest BCUT2D eigenvalue weighted by atomic mass is 9.96. The summed E-state index contributed by atoms with van der Waals surface area (Å²) in [5.41, 5.74) is 1.07. The maximum absolute atomic E-state index is 12.8. The minimum atomic E-state index is -3.66. The number of anilines is 1. The first-order chi connectivity index (χ1) is 11.8. The van der Waals surface area contributed by atoms with Gasteiger partial charge in [-0.1, -0.05) is 25.3 Å². The Morgan fingerprint density at radius 1 is 1.08 bits per heavy atom. The highest BCUT2D eigenvalue weighted by Gasteiger charge is 2.28. The molecule has 0 unspecified atom stereocenters. The van der Waals surface area contributed by atoms with E-state index in [2.05, 4.69) is 4.72 Å². The molecule has 6 nitrogen and oxygen atoms in total. The molecule has 8 heteroatoms. The highest BCUT2D eigenvalue weighted by atomic mass is 32.2. The van der Waals surface area contributed by atoms with Crippen molar-refractivity contribution in [3.8, 4) is 0 Å². The fourth-order valence-electron chi connectivity index (χ4n) is 3.62. The number of nitrogens with zero attached hydrogens (tertiary/aromatic N) is 1. The SMILES string of the molecule is Cc1ccc(N2CCCCS2(=O)=O)cc1S(=O)(=O)NC1CCCCC1. The van der Waals surface area contributed by atoms with Gasteiger partial charge in [0.1, 0.15) is 0 Å². The van der Waals surface area contributed by atoms with Crippen LogP contribution in [0.15, 0.2) is 23.1 Å². The standard InChI is InChI=1S/C17H26N2O4S2/c1-14-9-10-16(19-11-5-6-12-24(19,20)21)13-17(14)25(22,23)18-15-7-3-2-4-8-15/h9-10,13,15,18H,2-8,11-12H2,1H3. The minimum absolute atomic E-state index is 0.0273. The summed E-state index contributed by atoms with van der Waals surface area (Å²) in [7, 11) is -7.02. The Bertz CT molecular complexity index is 828. The summed E-state index contributed by atoms with van der Waals surface area (Å²) in [5, 5.41) is 0. The van der Waals surface area contributed by atoms with Gasteiger partial charge in [-0.25, -0.2) is 21.6 Å². The van der Waals surface area contributed by atoms with Crippen LogP contribution in [0, 0.1) is 6.92 Å². The predicted octanol–water partition coefficient (Wildman–Crippen LogP) is 2.54. The lowest BCUT2D eigenvalue weighted by molar-refractivity contribution is 0.412. The average Bonchev–Trinajstić information content (AvgIpc) is 2.55. The van der Waals surface area contributed by atoms with Gasteiger partial charge in [0, 0.05) is 12.6 Å². The molecule has 1 saturated heterocycles. The van der Waals surface area contributed by atoms with E-state index in [1.165, 1.54) is 10.4 Å². The van der Waals surface area contributed by atoms with Gasteiger partial charge in [-0.3, -0.25) is 4.31 Å². The van der Waals surface area contributed by atoms with Gasteiger partial charge in [0.05, 0.1) is 16.3 Å². The number of aryl methyl sites for hydroxylation is 1. The number of benzene rings is 1. The van der Waals surface area contributed by atoms with Gasteiger partial charge in [-0.2, -0.15) is 0 Å². The van der Waals surface area contributed by atoms with Crippen molar-refractivity contribution in [3.05, 3.63) is 23.8 Å². The van der Waals surface area contributed by atoms with Gasteiger partial charge in [0.25, 0.3) is 0 Å². The fourth-order valence-corrected chi connectivity index (χ4v) is 6.82. The third kappa shape index (κ3) is 4.17. The molecule has 1 aromatic carbocycles. The van der Waals surface area contributed by atoms with E-state index >= 15 is 0 Å². The Morgan fingerprint density at radius 2 is 1.80 bits per heavy atom. The van der Waals surface area contributed by atoms with Gasteiger partial charge < -0.3 is 0 Å². The van der Waals surface area contributed by atoms with Gasteiger partial charge in [-0.15, -0.1) is 0 Å². The second-order valence-corrected chi connectivity index (χ2v) is 10.7. The van der Waals surface area contributed by atoms with Crippen molar-refractivity contribution in [2.75, 3.05) is 16.6 Å². The van der Waals surface area contributed by atoms with E-state index in [4.69, 9.17) is 0 Å². The molecule has 1 heterocycles. The monoisotopic (exact) mass is 386 g/mol. The summed E-state index contributed by atoms with van der Waals surface area (Å²) in [6.07, 6.45) is 6.39. The zero-order valence-corrected chi connectivity index (χ0v) is 16.2. The molecule has 0 aromatic heterocycles. The summed E-state index contributed by atoms with van der Waals surface area (Å²) in [5.74, 6) is 0.114. The van der Waals surface area contributed by atoms with Crippen molar-refractivity contribution >= 4 is 25.7 Å². The van der Waals surface area contributed by atoms with Gasteiger partial charge in [-0.05, 0) is 50.3 Å². The molecule has 0 spiro atoms. The van der Waals surface area contributed by atoms with Crippen LogP contribution in [-0.4, -0.2) is 35.2 Å². The molecule has 0 bridgehead atoms. The largest absolute Gasteiger partial charge is 0.270 e. The van der Waals surface area contributed by atoms with E-state index in [0.717, 1.165) is 38.5 Å². The number of nitrogens with one attached hydrogen (secondary N) is 1. The maximum atomic E-state index is 12.8. The number of hydrogen-bond acceptors (Lipinski definition) is 4. The smallest absolute Gasteiger partial charge is 0.241 e. The van der Waals surface area contributed by atoms with E-state index in [0.29, 0.717) is 24.2 Å². The van der Waals surface area contributed by atoms with Crippen LogP contribution in [0.25, 0.3) is 0 Å². The molecule has 2 fully saturated rings. The maximum Gasteiger partial charge on any atom is 0.241 e. The zero-order chi connectivity index (χ0) is 18.1. The second-order valence-electron chi connectivity index (χ2n) is 7.00. The highest BCUT2D eigenvalue weighted by Crippen LogP contribution is 2.28. The van der Waals surface area contributed by atoms with E-state index < -0.39 is 20.0 Å². The number of sulfonamides is 2. The predicted molar refractivity (Wildman–Crippen MR) is 98.7 cm³/mol. The van der Waals surface area contributed by atoms with Gasteiger partial charge in [0.2, 0.25) is 20.0 Å². The molecule has 0 amide bonds. The summed E-state index contributed by atoms with van der Waals surface area (Å²) < 4.78 is 54.4. The topological polar surface area (TPSA) is 83.6 Å². The van der Waals surface area contributed by atoms with Crippen LogP contribution in [0.1, 0.15) is 50.5 Å². The van der Waals surface area contributed by atoms with E-state index in [9.17, 15) is 16.8 Å². The first-order valence-electron chi connectivity index (χ1n) is 8.93. The third-order valence-corrected chi connectivity index (χ3v) is 8.56. The molecule has 1 saturated carbocycles. The van der Waals surface area contributed by atoms with Crippen molar-refractivity contribution in [1.29, 1.82) is 0 Å². The molecule has 3 rings (SSSR count).